The van der Waals surface area contributed by atoms with Crippen molar-refractivity contribution in [3.05, 3.63) is 35.9 Å². The minimum Gasteiger partial charge on any atom is -0.388 e. The molecule has 0 saturated carbocycles. The largest absolute Gasteiger partial charge is 0.388 e. The molecular formula is C14H25N. The molecular weight excluding hydrogens is 182 g/mol. The second kappa shape index (κ2) is 10.8. The van der Waals surface area contributed by atoms with Gasteiger partial charge in [0.1, 0.15) is 0 Å². The lowest BCUT2D eigenvalue weighted by Gasteiger charge is -2.03. The van der Waals surface area contributed by atoms with Crippen LogP contribution in [0.1, 0.15) is 38.8 Å². The van der Waals surface area contributed by atoms with Gasteiger partial charge in [0.05, 0.1) is 0 Å². The van der Waals surface area contributed by atoms with E-state index in [1.807, 2.05) is 46.9 Å². The van der Waals surface area contributed by atoms with E-state index in [1.165, 1.54) is 11.1 Å². The first-order valence-electron chi connectivity index (χ1n) is 5.68. The van der Waals surface area contributed by atoms with Gasteiger partial charge in [-0.3, -0.25) is 0 Å². The molecule has 86 valence electrons. The SMILES string of the molecule is C=Cc1ccc(NC)cc1C.CC.CC. The van der Waals surface area contributed by atoms with Crippen molar-refractivity contribution < 1.29 is 0 Å². The Morgan fingerprint density at radius 3 is 2.00 bits per heavy atom. The Balaban J connectivity index is 0. The van der Waals surface area contributed by atoms with Crippen molar-refractivity contribution in [2.75, 3.05) is 12.4 Å². The molecule has 0 aromatic heterocycles. The van der Waals surface area contributed by atoms with Crippen LogP contribution in [0.3, 0.4) is 0 Å². The molecule has 0 aliphatic carbocycles. The van der Waals surface area contributed by atoms with Crippen LogP contribution < -0.4 is 5.32 Å². The van der Waals surface area contributed by atoms with Crippen LogP contribution in [0.2, 0.25) is 0 Å². The van der Waals surface area contributed by atoms with E-state index in [0.29, 0.717) is 0 Å². The van der Waals surface area contributed by atoms with E-state index >= 15 is 0 Å². The third-order valence-corrected chi connectivity index (χ3v) is 1.78. The Kier molecular flexibility index (Phi) is 11.7. The fourth-order valence-electron chi connectivity index (χ4n) is 1.06. The fourth-order valence-corrected chi connectivity index (χ4v) is 1.06. The van der Waals surface area contributed by atoms with Crippen LogP contribution in [0.25, 0.3) is 6.08 Å². The molecule has 0 fully saturated rings. The zero-order valence-electron chi connectivity index (χ0n) is 11.0. The summed E-state index contributed by atoms with van der Waals surface area (Å²) in [5.74, 6) is 0. The van der Waals surface area contributed by atoms with E-state index in [4.69, 9.17) is 0 Å². The number of rotatable bonds is 2. The van der Waals surface area contributed by atoms with Gasteiger partial charge < -0.3 is 5.32 Å². The maximum absolute atomic E-state index is 3.73. The van der Waals surface area contributed by atoms with Crippen molar-refractivity contribution in [1.29, 1.82) is 0 Å². The molecule has 0 aliphatic rings. The Labute approximate surface area is 95.2 Å². The first-order valence-corrected chi connectivity index (χ1v) is 5.68. The highest BCUT2D eigenvalue weighted by Crippen LogP contribution is 2.14. The average Bonchev–Trinajstić information content (AvgIpc) is 2.34. The Bertz CT molecular complexity index is 264. The Morgan fingerprint density at radius 1 is 1.13 bits per heavy atom. The molecule has 1 heteroatoms. The number of nitrogens with one attached hydrogen (secondary N) is 1. The van der Waals surface area contributed by atoms with Gasteiger partial charge in [0, 0.05) is 12.7 Å². The maximum atomic E-state index is 3.73. The standard InChI is InChI=1S/C10H13N.2C2H6/c1-4-9-5-6-10(11-3)7-8(9)2;2*1-2/h4-7,11H,1H2,2-3H3;2*1-2H3. The van der Waals surface area contributed by atoms with Gasteiger partial charge in [-0.05, 0) is 30.2 Å². The average molecular weight is 207 g/mol. The van der Waals surface area contributed by atoms with Crippen LogP contribution in [-0.4, -0.2) is 7.05 Å². The summed E-state index contributed by atoms with van der Waals surface area (Å²) in [6.45, 7) is 13.8. The predicted octanol–water partition coefficient (Wildman–Crippen LogP) is 4.73. The molecule has 1 aromatic carbocycles. The molecule has 0 saturated heterocycles. The number of anilines is 1. The number of aryl methyl sites for hydroxylation is 1. The van der Waals surface area contributed by atoms with E-state index in [-0.39, 0.29) is 0 Å². The summed E-state index contributed by atoms with van der Waals surface area (Å²) in [7, 11) is 1.92. The van der Waals surface area contributed by atoms with Gasteiger partial charge in [-0.2, -0.15) is 0 Å². The van der Waals surface area contributed by atoms with Gasteiger partial charge in [0.2, 0.25) is 0 Å². The molecule has 1 N–H and O–H groups in total. The second-order valence-corrected chi connectivity index (χ2v) is 2.53. The summed E-state index contributed by atoms with van der Waals surface area (Å²) in [5.41, 5.74) is 3.60. The third kappa shape index (κ3) is 5.95. The summed E-state index contributed by atoms with van der Waals surface area (Å²) >= 11 is 0. The van der Waals surface area contributed by atoms with Crippen molar-refractivity contribution in [1.82, 2.24) is 0 Å². The van der Waals surface area contributed by atoms with E-state index < -0.39 is 0 Å². The van der Waals surface area contributed by atoms with Crippen LogP contribution >= 0.6 is 0 Å². The van der Waals surface area contributed by atoms with E-state index in [2.05, 4.69) is 31.0 Å². The van der Waals surface area contributed by atoms with Gasteiger partial charge in [-0.1, -0.05) is 46.4 Å². The van der Waals surface area contributed by atoms with Gasteiger partial charge in [-0.25, -0.2) is 0 Å². The predicted molar refractivity (Wildman–Crippen MR) is 73.5 cm³/mol. The summed E-state index contributed by atoms with van der Waals surface area (Å²) in [4.78, 5) is 0. The van der Waals surface area contributed by atoms with Crippen LogP contribution in [0, 0.1) is 6.92 Å². The molecule has 0 spiro atoms. The Hall–Kier alpha value is -1.24. The minimum absolute atomic E-state index is 1.15. The molecule has 1 rings (SSSR count). The lowest BCUT2D eigenvalue weighted by Crippen LogP contribution is -1.89. The van der Waals surface area contributed by atoms with Gasteiger partial charge in [-0.15, -0.1) is 0 Å². The molecule has 1 aromatic rings. The molecule has 0 aliphatic heterocycles. The first-order chi connectivity index (χ1) is 7.27. The number of benzene rings is 1. The van der Waals surface area contributed by atoms with Gasteiger partial charge in [0.15, 0.2) is 0 Å². The molecule has 15 heavy (non-hydrogen) atoms. The molecule has 0 heterocycles. The maximum Gasteiger partial charge on any atom is 0.0340 e. The van der Waals surface area contributed by atoms with Crippen LogP contribution in [0.4, 0.5) is 5.69 Å². The molecule has 1 nitrogen and oxygen atoms in total. The van der Waals surface area contributed by atoms with Gasteiger partial charge >= 0.3 is 0 Å². The molecule has 0 unspecified atom stereocenters. The van der Waals surface area contributed by atoms with Gasteiger partial charge in [0.25, 0.3) is 0 Å². The van der Waals surface area contributed by atoms with Crippen LogP contribution in [0.5, 0.6) is 0 Å². The van der Waals surface area contributed by atoms with Crippen LogP contribution in [-0.2, 0) is 0 Å². The van der Waals surface area contributed by atoms with E-state index in [0.717, 1.165) is 5.69 Å². The van der Waals surface area contributed by atoms with E-state index in [1.54, 1.807) is 0 Å². The summed E-state index contributed by atoms with van der Waals surface area (Å²) in [6.07, 6.45) is 1.87. The lowest BCUT2D eigenvalue weighted by atomic mass is 10.1. The zero-order valence-corrected chi connectivity index (χ0v) is 11.0. The topological polar surface area (TPSA) is 12.0 Å². The quantitative estimate of drug-likeness (QED) is 0.739. The smallest absolute Gasteiger partial charge is 0.0340 e. The normalized spacial score (nSPS) is 7.60. The summed E-state index contributed by atoms with van der Waals surface area (Å²) in [5, 5.41) is 3.08. The highest BCUT2D eigenvalue weighted by Gasteiger charge is 1.93. The molecule has 0 amide bonds. The van der Waals surface area contributed by atoms with Crippen molar-refractivity contribution in [3.8, 4) is 0 Å². The van der Waals surface area contributed by atoms with E-state index in [9.17, 15) is 0 Å². The molecule has 0 radical (unpaired) electrons. The van der Waals surface area contributed by atoms with Crippen molar-refractivity contribution >= 4 is 11.8 Å². The lowest BCUT2D eigenvalue weighted by molar-refractivity contribution is 1.41. The van der Waals surface area contributed by atoms with Crippen molar-refractivity contribution in [3.63, 3.8) is 0 Å². The number of hydrogen-bond acceptors (Lipinski definition) is 1. The zero-order chi connectivity index (χ0) is 12.3. The summed E-state index contributed by atoms with van der Waals surface area (Å²) in [6, 6.07) is 6.22. The molecule has 0 atom stereocenters. The highest BCUT2D eigenvalue weighted by atomic mass is 14.8. The Morgan fingerprint density at radius 2 is 1.67 bits per heavy atom. The highest BCUT2D eigenvalue weighted by molar-refractivity contribution is 5.57. The third-order valence-electron chi connectivity index (χ3n) is 1.78. The minimum atomic E-state index is 1.15. The monoisotopic (exact) mass is 207 g/mol. The number of hydrogen-bond donors (Lipinski definition) is 1. The molecule has 0 bridgehead atoms. The summed E-state index contributed by atoms with van der Waals surface area (Å²) < 4.78 is 0. The van der Waals surface area contributed by atoms with Crippen molar-refractivity contribution in [2.45, 2.75) is 34.6 Å². The van der Waals surface area contributed by atoms with Crippen molar-refractivity contribution in [2.24, 2.45) is 0 Å². The fraction of sp³-hybridized carbons (Fsp3) is 0.429. The van der Waals surface area contributed by atoms with Crippen LogP contribution in [0.15, 0.2) is 24.8 Å². The second-order valence-electron chi connectivity index (χ2n) is 2.53. The first kappa shape index (κ1) is 16.2.